The van der Waals surface area contributed by atoms with Gasteiger partial charge in [0.25, 0.3) is 15.9 Å². The number of aliphatic hydroxyl groups excluding tert-OH is 1. The number of sulfonamides is 1. The third-order valence-corrected chi connectivity index (χ3v) is 8.20. The zero-order chi connectivity index (χ0) is 26.0. The molecule has 2 aromatic rings. The van der Waals surface area contributed by atoms with Gasteiger partial charge in [-0.25, -0.2) is 12.8 Å². The van der Waals surface area contributed by atoms with E-state index in [9.17, 15) is 22.7 Å². The van der Waals surface area contributed by atoms with Gasteiger partial charge in [-0.15, -0.1) is 0 Å². The molecule has 36 heavy (non-hydrogen) atoms. The Morgan fingerprint density at radius 2 is 1.89 bits per heavy atom. The van der Waals surface area contributed by atoms with Crippen LogP contribution in [0.3, 0.4) is 0 Å². The second-order valence-electron chi connectivity index (χ2n) is 10.0. The Bertz CT molecular complexity index is 1190. The number of likely N-dealkylation sites (N-methyl/N-ethyl adjacent to an activating group) is 1. The second kappa shape index (κ2) is 10.7. The maximum atomic E-state index is 13.5. The first-order valence-electron chi connectivity index (χ1n) is 12.3. The minimum Gasteiger partial charge on any atom is -0.486 e. The molecule has 0 unspecified atom stereocenters. The van der Waals surface area contributed by atoms with E-state index in [1.54, 1.807) is 30.0 Å². The number of benzene rings is 2. The molecule has 2 aliphatic rings. The van der Waals surface area contributed by atoms with Crippen LogP contribution in [0.25, 0.3) is 0 Å². The molecule has 10 heteroatoms. The molecule has 2 aromatic carbocycles. The van der Waals surface area contributed by atoms with Gasteiger partial charge in [0, 0.05) is 25.6 Å². The number of fused-ring (bicyclic) bond motifs is 1. The van der Waals surface area contributed by atoms with Gasteiger partial charge in [0.05, 0.1) is 28.8 Å². The largest absolute Gasteiger partial charge is 0.486 e. The van der Waals surface area contributed by atoms with E-state index in [1.165, 1.54) is 25.0 Å². The quantitative estimate of drug-likeness (QED) is 0.528. The van der Waals surface area contributed by atoms with E-state index in [4.69, 9.17) is 4.74 Å². The molecule has 0 radical (unpaired) electrons. The smallest absolute Gasteiger partial charge is 0.262 e. The number of para-hydroxylation sites is 1. The van der Waals surface area contributed by atoms with Crippen LogP contribution in [0.2, 0.25) is 0 Å². The van der Waals surface area contributed by atoms with Crippen molar-refractivity contribution in [2.45, 2.75) is 43.7 Å². The van der Waals surface area contributed by atoms with Gasteiger partial charge in [-0.2, -0.15) is 0 Å². The molecule has 196 valence electrons. The van der Waals surface area contributed by atoms with Crippen LogP contribution in [0.15, 0.2) is 47.4 Å². The highest BCUT2D eigenvalue weighted by molar-refractivity contribution is 7.92. The third kappa shape index (κ3) is 5.99. The highest BCUT2D eigenvalue weighted by atomic mass is 32.2. The van der Waals surface area contributed by atoms with E-state index in [0.29, 0.717) is 19.0 Å². The Hall–Kier alpha value is -2.69. The number of halogens is 1. The molecule has 0 bridgehead atoms. The minimum atomic E-state index is -4.07. The van der Waals surface area contributed by atoms with Crippen LogP contribution in [-0.2, 0) is 10.0 Å². The van der Waals surface area contributed by atoms with Gasteiger partial charge in [-0.3, -0.25) is 9.52 Å². The summed E-state index contributed by atoms with van der Waals surface area (Å²) in [6.45, 7) is 5.53. The van der Waals surface area contributed by atoms with Crippen molar-refractivity contribution in [2.24, 2.45) is 11.8 Å². The molecule has 0 spiro atoms. The number of hydrogen-bond donors (Lipinski definition) is 2. The van der Waals surface area contributed by atoms with Gasteiger partial charge >= 0.3 is 0 Å². The molecule has 1 saturated carbocycles. The second-order valence-corrected chi connectivity index (χ2v) is 11.7. The van der Waals surface area contributed by atoms with Crippen LogP contribution >= 0.6 is 0 Å². The van der Waals surface area contributed by atoms with Gasteiger partial charge in [-0.05, 0) is 69.1 Å². The zero-order valence-corrected chi connectivity index (χ0v) is 21.7. The van der Waals surface area contributed by atoms with E-state index in [1.807, 2.05) is 14.0 Å². The number of ether oxygens (including phenoxy) is 1. The van der Waals surface area contributed by atoms with Crippen LogP contribution in [0, 0.1) is 17.7 Å². The molecule has 1 aliphatic carbocycles. The molecule has 1 amide bonds. The van der Waals surface area contributed by atoms with Gasteiger partial charge < -0.3 is 19.6 Å². The van der Waals surface area contributed by atoms with E-state index < -0.39 is 21.9 Å². The fraction of sp³-hybridized carbons (Fsp3) is 0.500. The van der Waals surface area contributed by atoms with Crippen LogP contribution < -0.4 is 9.46 Å². The Labute approximate surface area is 212 Å². The Morgan fingerprint density at radius 1 is 1.19 bits per heavy atom. The molecule has 1 fully saturated rings. The summed E-state index contributed by atoms with van der Waals surface area (Å²) in [4.78, 5) is 17.3. The van der Waals surface area contributed by atoms with E-state index in [0.717, 1.165) is 18.7 Å². The minimum absolute atomic E-state index is 0.0838. The summed E-state index contributed by atoms with van der Waals surface area (Å²) in [6, 6.07) is 8.82. The van der Waals surface area contributed by atoms with Crippen molar-refractivity contribution >= 4 is 21.6 Å². The molecule has 4 rings (SSSR count). The normalized spacial score (nSPS) is 21.4. The summed E-state index contributed by atoms with van der Waals surface area (Å²) < 4.78 is 48.5. The van der Waals surface area contributed by atoms with Crippen LogP contribution in [-0.4, -0.2) is 74.7 Å². The predicted molar refractivity (Wildman–Crippen MR) is 135 cm³/mol. The fourth-order valence-corrected chi connectivity index (χ4v) is 5.54. The van der Waals surface area contributed by atoms with E-state index >= 15 is 0 Å². The number of nitrogens with zero attached hydrogens (tertiary/aromatic N) is 2. The summed E-state index contributed by atoms with van der Waals surface area (Å²) in [6.07, 6.45) is 2.12. The Kier molecular flexibility index (Phi) is 7.87. The number of amides is 1. The number of carbonyl (C=O) groups excluding carboxylic acids is 1. The first-order chi connectivity index (χ1) is 17.1. The topological polar surface area (TPSA) is 99.2 Å². The van der Waals surface area contributed by atoms with Crippen molar-refractivity contribution in [1.82, 2.24) is 9.80 Å². The average molecular weight is 520 g/mol. The fourth-order valence-electron chi connectivity index (χ4n) is 4.48. The lowest BCUT2D eigenvalue weighted by Crippen LogP contribution is -2.50. The molecule has 3 atom stereocenters. The van der Waals surface area contributed by atoms with Gasteiger partial charge in [0.2, 0.25) is 0 Å². The van der Waals surface area contributed by atoms with Gasteiger partial charge in [-0.1, -0.05) is 13.0 Å². The highest BCUT2D eigenvalue weighted by Crippen LogP contribution is 2.36. The van der Waals surface area contributed by atoms with Crippen LogP contribution in [0.1, 0.15) is 37.0 Å². The molecule has 0 saturated heterocycles. The summed E-state index contributed by atoms with van der Waals surface area (Å²) in [7, 11) is -2.03. The monoisotopic (exact) mass is 519 g/mol. The van der Waals surface area contributed by atoms with Crippen molar-refractivity contribution in [3.63, 3.8) is 0 Å². The third-order valence-electron chi connectivity index (χ3n) is 6.82. The number of aliphatic hydroxyl groups is 1. The van der Waals surface area contributed by atoms with Crippen molar-refractivity contribution < 1.29 is 27.4 Å². The first-order valence-corrected chi connectivity index (χ1v) is 13.8. The maximum Gasteiger partial charge on any atom is 0.262 e. The lowest BCUT2D eigenvalue weighted by molar-refractivity contribution is 0.0346. The molecule has 1 heterocycles. The number of hydrogen-bond acceptors (Lipinski definition) is 6. The average Bonchev–Trinajstić information content (AvgIpc) is 3.65. The molecule has 1 aliphatic heterocycles. The number of carbonyl (C=O) groups is 1. The Balaban J connectivity index is 1.72. The molecular weight excluding hydrogens is 485 g/mol. The standard InChI is InChI=1S/C26H34FN3O5S/c1-17-13-30(18(2)16-31)26(32)22-5-4-6-23(28-36(33,34)21-11-9-20(27)10-12-21)25(22)35-24(17)15-29(3)14-19-7-8-19/h4-6,9-12,17-19,24,28,31H,7-8,13-16H2,1-3H3/t17-,18-,24+/m0/s1. The molecule has 2 N–H and O–H groups in total. The van der Waals surface area contributed by atoms with E-state index in [-0.39, 0.29) is 46.4 Å². The number of anilines is 1. The van der Waals surface area contributed by atoms with Crippen LogP contribution in [0.4, 0.5) is 10.1 Å². The van der Waals surface area contributed by atoms with Crippen LogP contribution in [0.5, 0.6) is 5.75 Å². The molecular formula is C26H34FN3O5S. The predicted octanol–water partition coefficient (Wildman–Crippen LogP) is 3.19. The zero-order valence-electron chi connectivity index (χ0n) is 20.9. The SMILES string of the molecule is C[C@H]1CN([C@@H](C)CO)C(=O)c2cccc(NS(=O)(=O)c3ccc(F)cc3)c2O[C@@H]1CN(C)CC1CC1. The first kappa shape index (κ1) is 26.4. The Morgan fingerprint density at radius 3 is 2.53 bits per heavy atom. The molecule has 8 nitrogen and oxygen atoms in total. The van der Waals surface area contributed by atoms with E-state index in [2.05, 4.69) is 9.62 Å². The summed E-state index contributed by atoms with van der Waals surface area (Å²) in [5.41, 5.74) is 0.349. The number of nitrogens with one attached hydrogen (secondary N) is 1. The number of rotatable bonds is 9. The van der Waals surface area contributed by atoms with Crippen molar-refractivity contribution in [2.75, 3.05) is 38.0 Å². The van der Waals surface area contributed by atoms with Gasteiger partial charge in [0.15, 0.2) is 5.75 Å². The van der Waals surface area contributed by atoms with Crippen molar-refractivity contribution in [1.29, 1.82) is 0 Å². The summed E-state index contributed by atoms with van der Waals surface area (Å²) in [5.74, 6) is -0.125. The maximum absolute atomic E-state index is 13.5. The van der Waals surface area contributed by atoms with Gasteiger partial charge in [0.1, 0.15) is 11.9 Å². The summed E-state index contributed by atoms with van der Waals surface area (Å²) in [5, 5.41) is 9.82. The lowest BCUT2D eigenvalue weighted by atomic mass is 9.99. The molecule has 0 aromatic heterocycles. The highest BCUT2D eigenvalue weighted by Gasteiger charge is 2.35. The van der Waals surface area contributed by atoms with Crippen molar-refractivity contribution in [3.05, 3.63) is 53.8 Å². The summed E-state index contributed by atoms with van der Waals surface area (Å²) >= 11 is 0. The van der Waals surface area contributed by atoms with Crippen molar-refractivity contribution in [3.8, 4) is 5.75 Å². The lowest BCUT2D eigenvalue weighted by Gasteiger charge is -2.38.